The molecule has 1 aliphatic carbocycles. The quantitative estimate of drug-likeness (QED) is 0.726. The van der Waals surface area contributed by atoms with Crippen LogP contribution in [0.2, 0.25) is 0 Å². The molecule has 0 aromatic carbocycles. The van der Waals surface area contributed by atoms with Gasteiger partial charge in [0.25, 0.3) is 0 Å². The van der Waals surface area contributed by atoms with Gasteiger partial charge in [-0.25, -0.2) is 0 Å². The molecule has 1 heterocycles. The highest BCUT2D eigenvalue weighted by molar-refractivity contribution is 5.78. The number of hydrogen-bond donors (Lipinski definition) is 2. The van der Waals surface area contributed by atoms with Crippen molar-refractivity contribution in [2.24, 2.45) is 11.8 Å². The Balaban J connectivity index is 1.58. The normalized spacial score (nSPS) is 23.4. The Kier molecular flexibility index (Phi) is 4.80. The van der Waals surface area contributed by atoms with E-state index in [0.717, 1.165) is 38.5 Å². The first-order chi connectivity index (χ1) is 8.25. The van der Waals surface area contributed by atoms with Crippen molar-refractivity contribution in [1.82, 2.24) is 10.6 Å². The molecule has 2 N–H and O–H groups in total. The monoisotopic (exact) mass is 240 g/mol. The maximum atomic E-state index is 11.7. The second kappa shape index (κ2) is 6.36. The van der Waals surface area contributed by atoms with Crippen LogP contribution in [-0.2, 0) is 9.53 Å². The molecule has 1 unspecified atom stereocenters. The fourth-order valence-electron chi connectivity index (χ4n) is 2.35. The maximum Gasteiger partial charge on any atom is 0.234 e. The van der Waals surface area contributed by atoms with Gasteiger partial charge in [0.1, 0.15) is 0 Å². The largest absolute Gasteiger partial charge is 0.381 e. The molecular formula is C13H24N2O2. The van der Waals surface area contributed by atoms with Gasteiger partial charge in [-0.15, -0.1) is 0 Å². The van der Waals surface area contributed by atoms with Crippen LogP contribution >= 0.6 is 0 Å². The van der Waals surface area contributed by atoms with Crippen molar-refractivity contribution in [3.05, 3.63) is 0 Å². The highest BCUT2D eigenvalue weighted by Gasteiger charge is 2.23. The predicted molar refractivity (Wildman–Crippen MR) is 66.7 cm³/mol. The SMILES string of the molecule is CC(NC(=O)CNCC1CC1)C1CCOCC1. The predicted octanol–water partition coefficient (Wildman–Crippen LogP) is 0.917. The standard InChI is InChI=1S/C13H24N2O2/c1-10(12-4-6-17-7-5-12)15-13(16)9-14-8-11-2-3-11/h10-12,14H,2-9H2,1H3,(H,15,16). The van der Waals surface area contributed by atoms with Gasteiger partial charge in [0, 0.05) is 19.3 Å². The van der Waals surface area contributed by atoms with E-state index in [9.17, 15) is 4.79 Å². The van der Waals surface area contributed by atoms with Crippen molar-refractivity contribution in [2.75, 3.05) is 26.3 Å². The van der Waals surface area contributed by atoms with Crippen LogP contribution in [0, 0.1) is 11.8 Å². The lowest BCUT2D eigenvalue weighted by Gasteiger charge is -2.28. The van der Waals surface area contributed by atoms with Crippen molar-refractivity contribution in [2.45, 2.75) is 38.6 Å². The summed E-state index contributed by atoms with van der Waals surface area (Å²) in [5, 5.41) is 6.31. The summed E-state index contributed by atoms with van der Waals surface area (Å²) in [4.78, 5) is 11.7. The van der Waals surface area contributed by atoms with Crippen LogP contribution in [0.15, 0.2) is 0 Å². The third kappa shape index (κ3) is 4.64. The number of ether oxygens (including phenoxy) is 1. The van der Waals surface area contributed by atoms with Crippen LogP contribution in [0.1, 0.15) is 32.6 Å². The number of amides is 1. The molecule has 2 rings (SSSR count). The Morgan fingerprint density at radius 3 is 2.65 bits per heavy atom. The van der Waals surface area contributed by atoms with Crippen molar-refractivity contribution in [3.63, 3.8) is 0 Å². The molecule has 1 saturated heterocycles. The molecule has 0 spiro atoms. The zero-order chi connectivity index (χ0) is 12.1. The molecule has 1 atom stereocenters. The molecule has 2 fully saturated rings. The molecule has 1 aliphatic heterocycles. The van der Waals surface area contributed by atoms with Crippen molar-refractivity contribution in [1.29, 1.82) is 0 Å². The topological polar surface area (TPSA) is 50.4 Å². The van der Waals surface area contributed by atoms with Gasteiger partial charge in [0.2, 0.25) is 5.91 Å². The van der Waals surface area contributed by atoms with Gasteiger partial charge < -0.3 is 15.4 Å². The fourth-order valence-corrected chi connectivity index (χ4v) is 2.35. The van der Waals surface area contributed by atoms with E-state index in [1.807, 2.05) is 0 Å². The third-order valence-electron chi connectivity index (χ3n) is 3.78. The first-order valence-electron chi connectivity index (χ1n) is 6.83. The molecule has 98 valence electrons. The molecular weight excluding hydrogens is 216 g/mol. The van der Waals surface area contributed by atoms with E-state index in [0.29, 0.717) is 12.5 Å². The lowest BCUT2D eigenvalue weighted by molar-refractivity contribution is -0.121. The van der Waals surface area contributed by atoms with Crippen LogP contribution in [-0.4, -0.2) is 38.3 Å². The van der Waals surface area contributed by atoms with Gasteiger partial charge in [0.15, 0.2) is 0 Å². The highest BCUT2D eigenvalue weighted by Crippen LogP contribution is 2.27. The van der Waals surface area contributed by atoms with Crippen LogP contribution in [0.25, 0.3) is 0 Å². The second-order valence-electron chi connectivity index (χ2n) is 5.38. The number of carbonyl (C=O) groups excluding carboxylic acids is 1. The van der Waals surface area contributed by atoms with E-state index >= 15 is 0 Å². The van der Waals surface area contributed by atoms with Crippen molar-refractivity contribution in [3.8, 4) is 0 Å². The lowest BCUT2D eigenvalue weighted by Crippen LogP contribution is -2.44. The summed E-state index contributed by atoms with van der Waals surface area (Å²) in [6.07, 6.45) is 4.79. The number of rotatable bonds is 6. The van der Waals surface area contributed by atoms with E-state index in [-0.39, 0.29) is 11.9 Å². The lowest BCUT2D eigenvalue weighted by atomic mass is 9.93. The number of hydrogen-bond acceptors (Lipinski definition) is 3. The van der Waals surface area contributed by atoms with Gasteiger partial charge in [-0.1, -0.05) is 0 Å². The van der Waals surface area contributed by atoms with E-state index in [2.05, 4.69) is 17.6 Å². The molecule has 2 aliphatic rings. The Hall–Kier alpha value is -0.610. The maximum absolute atomic E-state index is 11.7. The summed E-state index contributed by atoms with van der Waals surface area (Å²) in [6.45, 7) is 5.24. The average molecular weight is 240 g/mol. The highest BCUT2D eigenvalue weighted by atomic mass is 16.5. The van der Waals surface area contributed by atoms with Gasteiger partial charge in [-0.3, -0.25) is 4.79 Å². The molecule has 4 heteroatoms. The Labute approximate surface area is 103 Å². The summed E-state index contributed by atoms with van der Waals surface area (Å²) in [5.74, 6) is 1.54. The molecule has 0 aromatic rings. The number of carbonyl (C=O) groups is 1. The minimum Gasteiger partial charge on any atom is -0.381 e. The molecule has 17 heavy (non-hydrogen) atoms. The average Bonchev–Trinajstić information content (AvgIpc) is 3.14. The smallest absolute Gasteiger partial charge is 0.234 e. The van der Waals surface area contributed by atoms with Crippen molar-refractivity contribution < 1.29 is 9.53 Å². The van der Waals surface area contributed by atoms with E-state index in [1.54, 1.807) is 0 Å². The summed E-state index contributed by atoms with van der Waals surface area (Å²) in [5.41, 5.74) is 0. The number of nitrogens with one attached hydrogen (secondary N) is 2. The Bertz CT molecular complexity index is 248. The zero-order valence-corrected chi connectivity index (χ0v) is 10.7. The third-order valence-corrected chi connectivity index (χ3v) is 3.78. The van der Waals surface area contributed by atoms with Crippen LogP contribution in [0.5, 0.6) is 0 Å². The summed E-state index contributed by atoms with van der Waals surface area (Å²) in [6, 6.07) is 0.272. The summed E-state index contributed by atoms with van der Waals surface area (Å²) < 4.78 is 5.33. The van der Waals surface area contributed by atoms with Gasteiger partial charge in [-0.2, -0.15) is 0 Å². The fraction of sp³-hybridized carbons (Fsp3) is 0.923. The first-order valence-corrected chi connectivity index (χ1v) is 6.83. The van der Waals surface area contributed by atoms with Crippen LogP contribution in [0.4, 0.5) is 0 Å². The minimum absolute atomic E-state index is 0.129. The molecule has 1 amide bonds. The minimum atomic E-state index is 0.129. The molecule has 1 saturated carbocycles. The molecule has 0 aromatic heterocycles. The van der Waals surface area contributed by atoms with Gasteiger partial charge in [-0.05, 0) is 51.0 Å². The van der Waals surface area contributed by atoms with Crippen LogP contribution < -0.4 is 10.6 Å². The van der Waals surface area contributed by atoms with E-state index < -0.39 is 0 Å². The zero-order valence-electron chi connectivity index (χ0n) is 10.7. The van der Waals surface area contributed by atoms with E-state index in [1.165, 1.54) is 12.8 Å². The Morgan fingerprint density at radius 2 is 2.00 bits per heavy atom. The Morgan fingerprint density at radius 1 is 1.29 bits per heavy atom. The van der Waals surface area contributed by atoms with Gasteiger partial charge in [0.05, 0.1) is 6.54 Å². The summed E-state index contributed by atoms with van der Waals surface area (Å²) >= 11 is 0. The molecule has 0 radical (unpaired) electrons. The second-order valence-corrected chi connectivity index (χ2v) is 5.38. The first kappa shape index (κ1) is 12.8. The summed E-state index contributed by atoms with van der Waals surface area (Å²) in [7, 11) is 0. The van der Waals surface area contributed by atoms with Crippen molar-refractivity contribution >= 4 is 5.91 Å². The molecule has 4 nitrogen and oxygen atoms in total. The van der Waals surface area contributed by atoms with Gasteiger partial charge >= 0.3 is 0 Å². The van der Waals surface area contributed by atoms with Crippen LogP contribution in [0.3, 0.4) is 0 Å². The molecule has 0 bridgehead atoms. The van der Waals surface area contributed by atoms with E-state index in [4.69, 9.17) is 4.74 Å².